The van der Waals surface area contributed by atoms with Crippen molar-refractivity contribution < 1.29 is 12.8 Å². The number of hydrogen-bond acceptors (Lipinski definition) is 3. The lowest BCUT2D eigenvalue weighted by Gasteiger charge is -2.31. The van der Waals surface area contributed by atoms with Gasteiger partial charge in [-0.15, -0.1) is 11.8 Å². The van der Waals surface area contributed by atoms with Crippen LogP contribution in [0.25, 0.3) is 0 Å². The van der Waals surface area contributed by atoms with Crippen LogP contribution in [0.3, 0.4) is 0 Å². The average molecular weight is 400 g/mol. The molecule has 1 N–H and O–H groups in total. The van der Waals surface area contributed by atoms with Gasteiger partial charge in [0.1, 0.15) is 5.82 Å². The first-order valence-corrected chi connectivity index (χ1v) is 10.9. The summed E-state index contributed by atoms with van der Waals surface area (Å²) in [7, 11) is -3.59. The highest BCUT2D eigenvalue weighted by atomic mass is 35.5. The Hall–Kier alpha value is -1.08. The third-order valence-corrected chi connectivity index (χ3v) is 7.40. The molecule has 0 radical (unpaired) electrons. The van der Waals surface area contributed by atoms with Crippen LogP contribution in [0.2, 0.25) is 5.02 Å². The van der Waals surface area contributed by atoms with Gasteiger partial charge in [0.05, 0.1) is 4.90 Å². The molecule has 1 fully saturated rings. The Balaban J connectivity index is 1.74. The van der Waals surface area contributed by atoms with Gasteiger partial charge in [0.2, 0.25) is 10.0 Å². The molecule has 0 saturated heterocycles. The summed E-state index contributed by atoms with van der Waals surface area (Å²) in [6.45, 7) is 0. The van der Waals surface area contributed by atoms with Gasteiger partial charge in [-0.25, -0.2) is 17.5 Å². The number of nitrogens with one attached hydrogen (secondary N) is 1. The molecule has 0 aromatic heterocycles. The van der Waals surface area contributed by atoms with Crippen LogP contribution in [0.1, 0.15) is 25.7 Å². The summed E-state index contributed by atoms with van der Waals surface area (Å²) in [6, 6.07) is 12.3. The van der Waals surface area contributed by atoms with E-state index >= 15 is 0 Å². The van der Waals surface area contributed by atoms with Crippen molar-refractivity contribution in [2.24, 2.45) is 0 Å². The van der Waals surface area contributed by atoms with Crippen LogP contribution in [0.15, 0.2) is 58.3 Å². The topological polar surface area (TPSA) is 46.2 Å². The lowest BCUT2D eigenvalue weighted by molar-refractivity contribution is 0.423. The summed E-state index contributed by atoms with van der Waals surface area (Å²) < 4.78 is 41.2. The monoisotopic (exact) mass is 399 g/mol. The molecule has 2 aromatic carbocycles. The molecule has 1 aliphatic carbocycles. The molecular formula is C18H19ClFNO2S2. The molecule has 0 amide bonds. The minimum Gasteiger partial charge on any atom is -0.207 e. The largest absolute Gasteiger partial charge is 0.240 e. The highest BCUT2D eigenvalue weighted by Gasteiger charge is 2.30. The van der Waals surface area contributed by atoms with E-state index in [4.69, 9.17) is 11.6 Å². The maximum absolute atomic E-state index is 13.1. The summed E-state index contributed by atoms with van der Waals surface area (Å²) in [4.78, 5) is 1.16. The lowest BCUT2D eigenvalue weighted by Crippen LogP contribution is -2.43. The second kappa shape index (κ2) is 8.08. The summed E-state index contributed by atoms with van der Waals surface area (Å²) in [5.74, 6) is -0.270. The Bertz CT molecular complexity index is 810. The normalized spacial score (nSPS) is 21.2. The SMILES string of the molecule is O=S(=O)(N[C@H]1CCCC[C@H]1Sc1ccc(F)cc1)c1ccc(Cl)cc1. The molecule has 3 nitrogen and oxygen atoms in total. The number of halogens is 2. The molecule has 0 aliphatic heterocycles. The zero-order chi connectivity index (χ0) is 17.9. The van der Waals surface area contributed by atoms with E-state index in [1.807, 2.05) is 0 Å². The molecule has 0 unspecified atom stereocenters. The van der Waals surface area contributed by atoms with Gasteiger partial charge >= 0.3 is 0 Å². The van der Waals surface area contributed by atoms with E-state index < -0.39 is 10.0 Å². The van der Waals surface area contributed by atoms with E-state index in [1.54, 1.807) is 36.0 Å². The summed E-state index contributed by atoms with van der Waals surface area (Å²) in [6.07, 6.45) is 3.79. The Labute approximate surface area is 157 Å². The number of rotatable bonds is 5. The molecule has 0 heterocycles. The van der Waals surface area contributed by atoms with Crippen LogP contribution < -0.4 is 4.72 Å². The fourth-order valence-corrected chi connectivity index (χ4v) is 5.76. The first-order valence-electron chi connectivity index (χ1n) is 8.14. The lowest BCUT2D eigenvalue weighted by atomic mass is 9.96. The van der Waals surface area contributed by atoms with Crippen molar-refractivity contribution in [1.82, 2.24) is 4.72 Å². The van der Waals surface area contributed by atoms with Crippen molar-refractivity contribution in [3.8, 4) is 0 Å². The molecule has 25 heavy (non-hydrogen) atoms. The molecule has 2 aromatic rings. The van der Waals surface area contributed by atoms with Gasteiger partial charge < -0.3 is 0 Å². The highest BCUT2D eigenvalue weighted by molar-refractivity contribution is 8.00. The predicted octanol–water partition coefficient (Wildman–Crippen LogP) is 4.86. The average Bonchev–Trinajstić information content (AvgIpc) is 2.59. The van der Waals surface area contributed by atoms with Crippen LogP contribution >= 0.6 is 23.4 Å². The van der Waals surface area contributed by atoms with Crippen LogP contribution in [0.5, 0.6) is 0 Å². The Morgan fingerprint density at radius 1 is 1.00 bits per heavy atom. The van der Waals surface area contributed by atoms with Crippen molar-refractivity contribution >= 4 is 33.4 Å². The first-order chi connectivity index (χ1) is 11.9. The van der Waals surface area contributed by atoms with Gasteiger partial charge in [-0.05, 0) is 61.4 Å². The molecule has 1 saturated carbocycles. The van der Waals surface area contributed by atoms with Gasteiger partial charge in [-0.1, -0.05) is 24.4 Å². The van der Waals surface area contributed by atoms with Gasteiger partial charge in [-0.3, -0.25) is 0 Å². The standard InChI is InChI=1S/C18H19ClFNO2S2/c19-13-5-11-16(12-6-13)25(22,23)21-17-3-1-2-4-18(17)24-15-9-7-14(20)8-10-15/h5-12,17-18,21H,1-4H2/t17-,18+/m0/s1. The Morgan fingerprint density at radius 3 is 2.32 bits per heavy atom. The van der Waals surface area contributed by atoms with E-state index in [1.165, 1.54) is 24.3 Å². The molecule has 134 valence electrons. The Morgan fingerprint density at radius 2 is 1.64 bits per heavy atom. The van der Waals surface area contributed by atoms with Crippen LogP contribution in [-0.2, 0) is 10.0 Å². The molecule has 1 aliphatic rings. The van der Waals surface area contributed by atoms with Gasteiger partial charge in [-0.2, -0.15) is 0 Å². The van der Waals surface area contributed by atoms with Crippen LogP contribution in [-0.4, -0.2) is 19.7 Å². The number of benzene rings is 2. The summed E-state index contributed by atoms with van der Waals surface area (Å²) in [5.41, 5.74) is 0. The fourth-order valence-electron chi connectivity index (χ4n) is 2.94. The smallest absolute Gasteiger partial charge is 0.207 e. The third-order valence-electron chi connectivity index (χ3n) is 4.23. The maximum Gasteiger partial charge on any atom is 0.240 e. The number of hydrogen-bond donors (Lipinski definition) is 1. The summed E-state index contributed by atoms with van der Waals surface area (Å²) >= 11 is 7.44. The third kappa shape index (κ3) is 4.97. The number of sulfonamides is 1. The molecule has 0 bridgehead atoms. The number of thioether (sulfide) groups is 1. The van der Waals surface area contributed by atoms with Crippen molar-refractivity contribution in [2.75, 3.05) is 0 Å². The predicted molar refractivity (Wildman–Crippen MR) is 100 cm³/mol. The van der Waals surface area contributed by atoms with E-state index in [0.717, 1.165) is 30.6 Å². The van der Waals surface area contributed by atoms with E-state index in [-0.39, 0.29) is 22.0 Å². The van der Waals surface area contributed by atoms with Crippen molar-refractivity contribution in [1.29, 1.82) is 0 Å². The molecule has 7 heteroatoms. The summed E-state index contributed by atoms with van der Waals surface area (Å²) in [5, 5.41) is 0.627. The maximum atomic E-state index is 13.1. The second-order valence-electron chi connectivity index (χ2n) is 6.08. The Kier molecular flexibility index (Phi) is 6.04. The second-order valence-corrected chi connectivity index (χ2v) is 9.54. The van der Waals surface area contributed by atoms with Gasteiger partial charge in [0, 0.05) is 21.2 Å². The fraction of sp³-hybridized carbons (Fsp3) is 0.333. The van der Waals surface area contributed by atoms with E-state index in [9.17, 15) is 12.8 Å². The first kappa shape index (κ1) is 18.7. The van der Waals surface area contributed by atoms with E-state index in [2.05, 4.69) is 4.72 Å². The van der Waals surface area contributed by atoms with Crippen molar-refractivity contribution in [3.63, 3.8) is 0 Å². The van der Waals surface area contributed by atoms with Crippen molar-refractivity contribution in [2.45, 2.75) is 46.8 Å². The van der Waals surface area contributed by atoms with Gasteiger partial charge in [0.15, 0.2) is 0 Å². The van der Waals surface area contributed by atoms with Gasteiger partial charge in [0.25, 0.3) is 0 Å². The molecule has 3 rings (SSSR count). The minimum absolute atomic E-state index is 0.126. The zero-order valence-electron chi connectivity index (χ0n) is 13.5. The van der Waals surface area contributed by atoms with Crippen molar-refractivity contribution in [3.05, 3.63) is 59.4 Å². The van der Waals surface area contributed by atoms with E-state index in [0.29, 0.717) is 5.02 Å². The highest BCUT2D eigenvalue weighted by Crippen LogP contribution is 2.34. The molecule has 0 spiro atoms. The molecular weight excluding hydrogens is 381 g/mol. The zero-order valence-corrected chi connectivity index (χ0v) is 15.9. The van der Waals surface area contributed by atoms with Crippen LogP contribution in [0.4, 0.5) is 4.39 Å². The molecule has 2 atom stereocenters. The minimum atomic E-state index is -3.59. The quantitative estimate of drug-likeness (QED) is 0.780. The van der Waals surface area contributed by atoms with Crippen LogP contribution in [0, 0.1) is 5.82 Å².